The molecule has 0 bridgehead atoms. The molecule has 6 nitrogen and oxygen atoms in total. The Morgan fingerprint density at radius 2 is 1.20 bits per heavy atom. The third kappa shape index (κ3) is 10.5. The number of nitrogens with zero attached hydrogens (tertiary/aromatic N) is 4. The van der Waals surface area contributed by atoms with Crippen molar-refractivity contribution in [1.29, 1.82) is 0 Å². The number of aryl methyl sites for hydroxylation is 2. The van der Waals surface area contributed by atoms with Crippen LogP contribution in [-0.4, -0.2) is 37.2 Å². The van der Waals surface area contributed by atoms with Crippen molar-refractivity contribution in [3.8, 4) is 5.75 Å². The molecule has 1 unspecified atom stereocenters. The van der Waals surface area contributed by atoms with Crippen molar-refractivity contribution in [2.75, 3.05) is 0 Å². The number of thiocarbonyl (C=S) groups is 1. The Kier molecular flexibility index (Phi) is 11.2. The molecule has 46 heavy (non-hydrogen) atoms. The highest BCUT2D eigenvalue weighted by Gasteiger charge is 2.45. The molecular weight excluding hydrogens is 630 g/mol. The lowest BCUT2D eigenvalue weighted by Gasteiger charge is -2.21. The molecule has 0 saturated heterocycles. The van der Waals surface area contributed by atoms with Crippen molar-refractivity contribution in [3.63, 3.8) is 0 Å². The van der Waals surface area contributed by atoms with E-state index in [1.807, 2.05) is 60.7 Å². The number of ether oxygens (including phenoxy) is 2. The third-order valence-electron chi connectivity index (χ3n) is 6.54. The molecule has 0 aliphatic rings. The lowest BCUT2D eigenvalue weighted by atomic mass is 10.1. The Balaban J connectivity index is 0.000000230. The number of rotatable bonds is 8. The molecule has 242 valence electrons. The Labute approximate surface area is 267 Å². The number of halogens is 6. The first-order valence-electron chi connectivity index (χ1n) is 14.0. The fraction of sp³-hybridized carbons (Fsp3) is 0.242. The molecular formula is C33H30F6N4O2S. The SMILES string of the molecule is Cc1nn(Cc2ccccc2)cc1C(OC(=S)Oc1ccccc1)C(F)(F)F.Cc1nn(Cc2ccccc2)cc1CC(F)(F)F. The zero-order valence-electron chi connectivity index (χ0n) is 24.8. The minimum atomic E-state index is -4.69. The second kappa shape index (κ2) is 15.1. The van der Waals surface area contributed by atoms with Crippen LogP contribution in [0.4, 0.5) is 26.3 Å². The zero-order chi connectivity index (χ0) is 33.3. The van der Waals surface area contributed by atoms with Crippen LogP contribution in [0.25, 0.3) is 0 Å². The van der Waals surface area contributed by atoms with Gasteiger partial charge < -0.3 is 9.47 Å². The fourth-order valence-electron chi connectivity index (χ4n) is 4.45. The van der Waals surface area contributed by atoms with Crippen LogP contribution < -0.4 is 4.74 Å². The quantitative estimate of drug-likeness (QED) is 0.123. The predicted octanol–water partition coefficient (Wildman–Crippen LogP) is 8.57. The predicted molar refractivity (Wildman–Crippen MR) is 164 cm³/mol. The first-order chi connectivity index (χ1) is 21.8. The van der Waals surface area contributed by atoms with E-state index in [1.165, 1.54) is 24.0 Å². The summed E-state index contributed by atoms with van der Waals surface area (Å²) in [5, 5.41) is 7.68. The van der Waals surface area contributed by atoms with Gasteiger partial charge in [-0.2, -0.15) is 36.5 Å². The minimum Gasteiger partial charge on any atom is -0.438 e. The van der Waals surface area contributed by atoms with E-state index >= 15 is 0 Å². The van der Waals surface area contributed by atoms with Gasteiger partial charge >= 0.3 is 17.6 Å². The highest BCUT2D eigenvalue weighted by Crippen LogP contribution is 2.37. The zero-order valence-corrected chi connectivity index (χ0v) is 25.6. The summed E-state index contributed by atoms with van der Waals surface area (Å²) in [5.41, 5.74) is 2.70. The lowest BCUT2D eigenvalue weighted by Crippen LogP contribution is -2.27. The second-order valence-electron chi connectivity index (χ2n) is 10.3. The number of aromatic nitrogens is 4. The highest BCUT2D eigenvalue weighted by molar-refractivity contribution is 7.79. The molecule has 0 aliphatic heterocycles. The summed E-state index contributed by atoms with van der Waals surface area (Å²) < 4.78 is 91.1. The standard InChI is InChI=1S/C20H17F3N2O2S.C13H13F3N2/c1-14-17(13-25(24-14)12-15-8-4-2-5-9-15)18(20(21,22)23)27-19(28)26-16-10-6-3-7-11-16;1-10-12(7-13(14,15)16)9-18(17-10)8-11-5-3-2-4-6-11/h2-11,13,18H,12H2,1H3;2-6,9H,7-8H2,1H3. The molecule has 1 atom stereocenters. The molecule has 3 aromatic carbocycles. The van der Waals surface area contributed by atoms with E-state index < -0.39 is 30.1 Å². The van der Waals surface area contributed by atoms with E-state index in [0.29, 0.717) is 24.5 Å². The van der Waals surface area contributed by atoms with Gasteiger partial charge in [0.15, 0.2) is 0 Å². The molecule has 2 heterocycles. The summed E-state index contributed by atoms with van der Waals surface area (Å²) in [6.07, 6.45) is -9.27. The Morgan fingerprint density at radius 3 is 1.70 bits per heavy atom. The van der Waals surface area contributed by atoms with E-state index in [4.69, 9.17) is 21.7 Å². The maximum Gasteiger partial charge on any atom is 0.430 e. The molecule has 0 amide bonds. The van der Waals surface area contributed by atoms with Gasteiger partial charge in [0.2, 0.25) is 6.10 Å². The summed E-state index contributed by atoms with van der Waals surface area (Å²) in [6.45, 7) is 3.93. The number of benzene rings is 3. The molecule has 2 aromatic heterocycles. The Morgan fingerprint density at radius 1 is 0.717 bits per heavy atom. The maximum atomic E-state index is 13.6. The molecule has 0 saturated carbocycles. The van der Waals surface area contributed by atoms with Crippen LogP contribution in [0.2, 0.25) is 0 Å². The number of hydrogen-bond acceptors (Lipinski definition) is 5. The summed E-state index contributed by atoms with van der Waals surface area (Å²) in [6, 6.07) is 27.1. The van der Waals surface area contributed by atoms with E-state index in [0.717, 1.165) is 11.1 Å². The van der Waals surface area contributed by atoms with Crippen molar-refractivity contribution in [2.45, 2.75) is 51.8 Å². The van der Waals surface area contributed by atoms with Crippen LogP contribution in [0.3, 0.4) is 0 Å². The van der Waals surface area contributed by atoms with Gasteiger partial charge in [-0.25, -0.2) is 0 Å². The normalized spacial score (nSPS) is 12.2. The van der Waals surface area contributed by atoms with Crippen LogP contribution in [0.1, 0.15) is 39.7 Å². The summed E-state index contributed by atoms with van der Waals surface area (Å²) in [7, 11) is 0. The van der Waals surface area contributed by atoms with E-state index in [1.54, 1.807) is 41.9 Å². The third-order valence-corrected chi connectivity index (χ3v) is 6.72. The summed E-state index contributed by atoms with van der Waals surface area (Å²) >= 11 is 4.86. The Hall–Kier alpha value is -4.65. The van der Waals surface area contributed by atoms with Gasteiger partial charge in [-0.05, 0) is 37.1 Å². The van der Waals surface area contributed by atoms with Gasteiger partial charge in [-0.1, -0.05) is 78.9 Å². The van der Waals surface area contributed by atoms with Gasteiger partial charge in [-0.15, -0.1) is 0 Å². The van der Waals surface area contributed by atoms with Gasteiger partial charge in [0.05, 0.1) is 30.9 Å². The highest BCUT2D eigenvalue weighted by atomic mass is 32.1. The topological polar surface area (TPSA) is 54.1 Å². The van der Waals surface area contributed by atoms with E-state index in [-0.39, 0.29) is 16.8 Å². The first-order valence-corrected chi connectivity index (χ1v) is 14.4. The molecule has 5 rings (SSSR count). The molecule has 0 N–H and O–H groups in total. The van der Waals surface area contributed by atoms with Gasteiger partial charge in [0.1, 0.15) is 5.75 Å². The molecule has 0 spiro atoms. The van der Waals surface area contributed by atoms with Crippen molar-refractivity contribution >= 4 is 17.5 Å². The van der Waals surface area contributed by atoms with E-state index in [9.17, 15) is 26.3 Å². The maximum absolute atomic E-state index is 13.6. The minimum absolute atomic E-state index is 0.109. The average Bonchev–Trinajstić information content (AvgIpc) is 3.51. The summed E-state index contributed by atoms with van der Waals surface area (Å²) in [4.78, 5) is 0. The fourth-order valence-corrected chi connectivity index (χ4v) is 4.65. The molecule has 5 aromatic rings. The number of para-hydroxylation sites is 1. The van der Waals surface area contributed by atoms with Crippen LogP contribution in [0.5, 0.6) is 5.75 Å². The number of alkyl halides is 6. The van der Waals surface area contributed by atoms with Gasteiger partial charge in [0, 0.05) is 35.7 Å². The first kappa shape index (κ1) is 34.2. The monoisotopic (exact) mass is 660 g/mol. The second-order valence-corrected chi connectivity index (χ2v) is 10.6. The van der Waals surface area contributed by atoms with Crippen LogP contribution in [0, 0.1) is 13.8 Å². The van der Waals surface area contributed by atoms with E-state index in [2.05, 4.69) is 10.2 Å². The van der Waals surface area contributed by atoms with Crippen molar-refractivity contribution < 1.29 is 35.8 Å². The van der Waals surface area contributed by atoms with Crippen molar-refractivity contribution in [1.82, 2.24) is 19.6 Å². The Bertz CT molecular complexity index is 1690. The molecule has 0 fully saturated rings. The van der Waals surface area contributed by atoms with Crippen LogP contribution in [-0.2, 0) is 24.2 Å². The smallest absolute Gasteiger partial charge is 0.430 e. The largest absolute Gasteiger partial charge is 0.438 e. The molecule has 13 heteroatoms. The molecule has 0 radical (unpaired) electrons. The van der Waals surface area contributed by atoms with Gasteiger partial charge in [-0.3, -0.25) is 9.36 Å². The number of hydrogen-bond donors (Lipinski definition) is 0. The van der Waals surface area contributed by atoms with Crippen LogP contribution in [0.15, 0.2) is 103 Å². The molecule has 0 aliphatic carbocycles. The van der Waals surface area contributed by atoms with Gasteiger partial charge in [0.25, 0.3) is 0 Å². The average molecular weight is 661 g/mol. The van der Waals surface area contributed by atoms with Crippen LogP contribution >= 0.6 is 12.2 Å². The van der Waals surface area contributed by atoms with Crippen molar-refractivity contribution in [3.05, 3.63) is 137 Å². The lowest BCUT2D eigenvalue weighted by molar-refractivity contribution is -0.204. The van der Waals surface area contributed by atoms with Crippen molar-refractivity contribution in [2.24, 2.45) is 0 Å². The summed E-state index contributed by atoms with van der Waals surface area (Å²) in [5.74, 6) is 0.296.